The van der Waals surface area contributed by atoms with Gasteiger partial charge in [-0.15, -0.1) is 0 Å². The lowest BCUT2D eigenvalue weighted by molar-refractivity contribution is 0.0600. The second-order valence-corrected chi connectivity index (χ2v) is 7.91. The maximum Gasteiger partial charge on any atom is 0.339 e. The standard InChI is InChI=1S/C16H15Cl2NO4S/c1-19(10-11-3-5-12(17)6-4-11)24(21,22)13-7-8-15(18)14(9-13)16(20)23-2/h3-9H,10H2,1-2H3. The highest BCUT2D eigenvalue weighted by Gasteiger charge is 2.23. The van der Waals surface area contributed by atoms with Gasteiger partial charge in [-0.2, -0.15) is 4.31 Å². The molecule has 0 N–H and O–H groups in total. The Hall–Kier alpha value is -1.60. The Morgan fingerprint density at radius 1 is 1.12 bits per heavy atom. The number of carbonyl (C=O) groups is 1. The number of hydrogen-bond acceptors (Lipinski definition) is 4. The van der Waals surface area contributed by atoms with Gasteiger partial charge in [0.2, 0.25) is 10.0 Å². The Morgan fingerprint density at radius 2 is 1.75 bits per heavy atom. The van der Waals surface area contributed by atoms with Crippen molar-refractivity contribution < 1.29 is 17.9 Å². The summed E-state index contributed by atoms with van der Waals surface area (Å²) in [6, 6.07) is 10.8. The number of methoxy groups -OCH3 is 1. The Labute approximate surface area is 150 Å². The number of nitrogens with zero attached hydrogens (tertiary/aromatic N) is 1. The molecule has 0 saturated carbocycles. The van der Waals surface area contributed by atoms with Crippen LogP contribution >= 0.6 is 23.2 Å². The van der Waals surface area contributed by atoms with Crippen molar-refractivity contribution in [2.45, 2.75) is 11.4 Å². The molecule has 0 aliphatic carbocycles. The molecule has 0 amide bonds. The maximum absolute atomic E-state index is 12.7. The molecule has 2 aromatic carbocycles. The zero-order valence-corrected chi connectivity index (χ0v) is 15.3. The quantitative estimate of drug-likeness (QED) is 0.735. The molecular formula is C16H15Cl2NO4S. The van der Waals surface area contributed by atoms with Crippen LogP contribution in [0.1, 0.15) is 15.9 Å². The highest BCUT2D eigenvalue weighted by Crippen LogP contribution is 2.24. The topological polar surface area (TPSA) is 63.7 Å². The van der Waals surface area contributed by atoms with E-state index in [9.17, 15) is 13.2 Å². The number of sulfonamides is 1. The number of hydrogen-bond donors (Lipinski definition) is 0. The summed E-state index contributed by atoms with van der Waals surface area (Å²) in [6.45, 7) is 0.162. The van der Waals surface area contributed by atoms with Crippen LogP contribution in [0.25, 0.3) is 0 Å². The molecule has 8 heteroatoms. The second-order valence-electron chi connectivity index (χ2n) is 5.02. The third-order valence-electron chi connectivity index (χ3n) is 3.37. The van der Waals surface area contributed by atoms with E-state index in [1.807, 2.05) is 0 Å². The molecule has 0 heterocycles. The Kier molecular flexibility index (Phi) is 5.87. The Balaban J connectivity index is 2.32. The van der Waals surface area contributed by atoms with Gasteiger partial charge in [0.1, 0.15) is 0 Å². The fourth-order valence-corrected chi connectivity index (χ4v) is 3.55. The first-order valence-corrected chi connectivity index (χ1v) is 9.04. The van der Waals surface area contributed by atoms with Gasteiger partial charge in [-0.1, -0.05) is 35.3 Å². The number of halogens is 2. The summed E-state index contributed by atoms with van der Waals surface area (Å²) in [5.41, 5.74) is 0.785. The summed E-state index contributed by atoms with van der Waals surface area (Å²) in [4.78, 5) is 11.6. The lowest BCUT2D eigenvalue weighted by Crippen LogP contribution is -2.26. The summed E-state index contributed by atoms with van der Waals surface area (Å²) >= 11 is 11.7. The molecule has 0 atom stereocenters. The molecule has 5 nitrogen and oxygen atoms in total. The third-order valence-corrected chi connectivity index (χ3v) is 5.75. The molecule has 128 valence electrons. The normalized spacial score (nSPS) is 11.5. The molecule has 24 heavy (non-hydrogen) atoms. The van der Waals surface area contributed by atoms with Gasteiger partial charge in [-0.05, 0) is 35.9 Å². The van der Waals surface area contributed by atoms with Crippen molar-refractivity contribution in [3.8, 4) is 0 Å². The zero-order valence-electron chi connectivity index (χ0n) is 13.0. The van der Waals surface area contributed by atoms with Crippen LogP contribution in [0.15, 0.2) is 47.4 Å². The van der Waals surface area contributed by atoms with Crippen LogP contribution in [0, 0.1) is 0 Å². The lowest BCUT2D eigenvalue weighted by atomic mass is 10.2. The van der Waals surface area contributed by atoms with E-state index in [0.717, 1.165) is 5.56 Å². The van der Waals surface area contributed by atoms with Crippen molar-refractivity contribution >= 4 is 39.2 Å². The molecule has 0 aliphatic rings. The van der Waals surface area contributed by atoms with Crippen LogP contribution in [0.5, 0.6) is 0 Å². The SMILES string of the molecule is COC(=O)c1cc(S(=O)(=O)N(C)Cc2ccc(Cl)cc2)ccc1Cl. The average Bonchev–Trinajstić information content (AvgIpc) is 2.56. The molecule has 2 rings (SSSR count). The van der Waals surface area contributed by atoms with E-state index >= 15 is 0 Å². The first kappa shape index (κ1) is 18.7. The van der Waals surface area contributed by atoms with Gasteiger partial charge in [-0.3, -0.25) is 0 Å². The van der Waals surface area contributed by atoms with Crippen LogP contribution in [-0.4, -0.2) is 32.8 Å². The van der Waals surface area contributed by atoms with Crippen LogP contribution in [0.2, 0.25) is 10.0 Å². The molecule has 0 aromatic heterocycles. The predicted octanol–water partition coefficient (Wildman–Crippen LogP) is 3.60. The van der Waals surface area contributed by atoms with E-state index in [2.05, 4.69) is 4.74 Å². The number of benzene rings is 2. The van der Waals surface area contributed by atoms with Crippen LogP contribution in [-0.2, 0) is 21.3 Å². The van der Waals surface area contributed by atoms with E-state index < -0.39 is 16.0 Å². The highest BCUT2D eigenvalue weighted by molar-refractivity contribution is 7.89. The summed E-state index contributed by atoms with van der Waals surface area (Å²) in [5, 5.41) is 0.700. The van der Waals surface area contributed by atoms with E-state index in [-0.39, 0.29) is 22.0 Å². The van der Waals surface area contributed by atoms with E-state index in [4.69, 9.17) is 23.2 Å². The van der Waals surface area contributed by atoms with E-state index in [0.29, 0.717) is 5.02 Å². The summed E-state index contributed by atoms with van der Waals surface area (Å²) in [7, 11) is -1.14. The summed E-state index contributed by atoms with van der Waals surface area (Å²) < 4.78 is 31.2. The van der Waals surface area contributed by atoms with E-state index in [1.54, 1.807) is 24.3 Å². The number of rotatable bonds is 5. The van der Waals surface area contributed by atoms with Gasteiger partial charge < -0.3 is 4.74 Å². The fraction of sp³-hybridized carbons (Fsp3) is 0.188. The van der Waals surface area contributed by atoms with Gasteiger partial charge in [0.05, 0.1) is 22.6 Å². The number of ether oxygens (including phenoxy) is 1. The lowest BCUT2D eigenvalue weighted by Gasteiger charge is -2.18. The van der Waals surface area contributed by atoms with Crippen molar-refractivity contribution in [3.05, 3.63) is 63.6 Å². The van der Waals surface area contributed by atoms with Gasteiger partial charge >= 0.3 is 5.97 Å². The average molecular weight is 388 g/mol. The molecule has 0 unspecified atom stereocenters. The molecule has 0 saturated heterocycles. The number of carbonyl (C=O) groups excluding carboxylic acids is 1. The van der Waals surface area contributed by atoms with Crippen molar-refractivity contribution in [2.75, 3.05) is 14.2 Å². The first-order chi connectivity index (χ1) is 11.3. The zero-order chi connectivity index (χ0) is 17.9. The minimum atomic E-state index is -3.79. The van der Waals surface area contributed by atoms with Crippen molar-refractivity contribution in [1.29, 1.82) is 0 Å². The van der Waals surface area contributed by atoms with Crippen molar-refractivity contribution in [2.24, 2.45) is 0 Å². The largest absolute Gasteiger partial charge is 0.465 e. The van der Waals surface area contributed by atoms with Gasteiger partial charge in [0.15, 0.2) is 0 Å². The van der Waals surface area contributed by atoms with Crippen LogP contribution < -0.4 is 0 Å². The van der Waals surface area contributed by atoms with E-state index in [1.165, 1.54) is 36.7 Å². The molecule has 2 aromatic rings. The summed E-state index contributed by atoms with van der Waals surface area (Å²) in [6.07, 6.45) is 0. The molecular weight excluding hydrogens is 373 g/mol. The minimum Gasteiger partial charge on any atom is -0.465 e. The molecule has 0 spiro atoms. The minimum absolute atomic E-state index is 0.000125. The number of esters is 1. The van der Waals surface area contributed by atoms with Gasteiger partial charge in [-0.25, -0.2) is 13.2 Å². The molecule has 0 aliphatic heterocycles. The van der Waals surface area contributed by atoms with Crippen molar-refractivity contribution in [1.82, 2.24) is 4.31 Å². The van der Waals surface area contributed by atoms with Crippen molar-refractivity contribution in [3.63, 3.8) is 0 Å². The molecule has 0 radical (unpaired) electrons. The summed E-state index contributed by atoms with van der Waals surface area (Å²) in [5.74, 6) is -0.697. The smallest absolute Gasteiger partial charge is 0.339 e. The highest BCUT2D eigenvalue weighted by atomic mass is 35.5. The van der Waals surface area contributed by atoms with Crippen LogP contribution in [0.3, 0.4) is 0 Å². The monoisotopic (exact) mass is 387 g/mol. The predicted molar refractivity (Wildman–Crippen MR) is 92.9 cm³/mol. The van der Waals surface area contributed by atoms with Gasteiger partial charge in [0, 0.05) is 18.6 Å². The third kappa shape index (κ3) is 4.08. The first-order valence-electron chi connectivity index (χ1n) is 6.84. The van der Waals surface area contributed by atoms with Gasteiger partial charge in [0.25, 0.3) is 0 Å². The molecule has 0 fully saturated rings. The maximum atomic E-state index is 12.7. The fourth-order valence-electron chi connectivity index (χ4n) is 2.04. The Bertz CT molecular complexity index is 851. The second kappa shape index (κ2) is 7.53. The van der Waals surface area contributed by atoms with Crippen LogP contribution in [0.4, 0.5) is 0 Å². The Morgan fingerprint density at radius 3 is 2.33 bits per heavy atom. The molecule has 0 bridgehead atoms.